The molecule has 1 aromatic carbocycles. The van der Waals surface area contributed by atoms with Crippen molar-refractivity contribution in [3.8, 4) is 0 Å². The van der Waals surface area contributed by atoms with Crippen LogP contribution in [0.2, 0.25) is 10.0 Å². The van der Waals surface area contributed by atoms with Crippen molar-refractivity contribution in [3.05, 3.63) is 46.7 Å². The van der Waals surface area contributed by atoms with Crippen LogP contribution in [0.25, 0.3) is 10.9 Å². The molecule has 2 aliphatic rings. The van der Waals surface area contributed by atoms with E-state index in [4.69, 9.17) is 23.2 Å². The molecule has 1 aliphatic carbocycles. The van der Waals surface area contributed by atoms with E-state index in [1.807, 2.05) is 11.0 Å². The number of urea groups is 1. The van der Waals surface area contributed by atoms with Gasteiger partial charge in [-0.3, -0.25) is 0 Å². The van der Waals surface area contributed by atoms with E-state index in [0.717, 1.165) is 10.9 Å². The first kappa shape index (κ1) is 20.3. The molecule has 1 saturated carbocycles. The van der Waals surface area contributed by atoms with Gasteiger partial charge in [0.05, 0.1) is 22.6 Å². The van der Waals surface area contributed by atoms with Gasteiger partial charge in [-0.2, -0.15) is 0 Å². The zero-order valence-corrected chi connectivity index (χ0v) is 17.8. The van der Waals surface area contributed by atoms with E-state index in [9.17, 15) is 13.6 Å². The molecular formula is C21H19Cl2F2N5O. The van der Waals surface area contributed by atoms with Gasteiger partial charge in [0.1, 0.15) is 5.82 Å². The van der Waals surface area contributed by atoms with Crippen molar-refractivity contribution in [2.75, 3.05) is 28.6 Å². The Labute approximate surface area is 186 Å². The highest BCUT2D eigenvalue weighted by atomic mass is 35.5. The van der Waals surface area contributed by atoms with Crippen LogP contribution >= 0.6 is 23.2 Å². The van der Waals surface area contributed by atoms with Gasteiger partial charge in [-0.15, -0.1) is 0 Å². The number of alkyl halides is 2. The molecule has 2 fully saturated rings. The molecule has 3 N–H and O–H groups in total. The minimum Gasteiger partial charge on any atom is -0.359 e. The van der Waals surface area contributed by atoms with Crippen molar-refractivity contribution in [2.24, 2.45) is 5.41 Å². The Morgan fingerprint density at radius 2 is 1.90 bits per heavy atom. The van der Waals surface area contributed by atoms with Crippen molar-refractivity contribution >= 4 is 57.3 Å². The molecule has 10 heteroatoms. The average Bonchev–Trinajstić information content (AvgIpc) is 3.03. The molecule has 0 radical (unpaired) electrons. The fraction of sp³-hybridized carbons (Fsp3) is 0.333. The lowest BCUT2D eigenvalue weighted by Crippen LogP contribution is -2.37. The highest BCUT2D eigenvalue weighted by molar-refractivity contribution is 6.33. The first-order chi connectivity index (χ1) is 14.8. The van der Waals surface area contributed by atoms with Crippen LogP contribution in [0.1, 0.15) is 19.3 Å². The number of nitrogens with one attached hydrogen (secondary N) is 3. The second-order valence-electron chi connectivity index (χ2n) is 8.15. The fourth-order valence-electron chi connectivity index (χ4n) is 4.28. The van der Waals surface area contributed by atoms with Crippen LogP contribution in [0.5, 0.6) is 0 Å². The van der Waals surface area contributed by atoms with E-state index in [0.29, 0.717) is 53.2 Å². The molecule has 3 aromatic rings. The van der Waals surface area contributed by atoms with Crippen LogP contribution in [0, 0.1) is 5.41 Å². The van der Waals surface area contributed by atoms with Crippen LogP contribution in [-0.4, -0.2) is 35.0 Å². The molecule has 3 heterocycles. The van der Waals surface area contributed by atoms with Gasteiger partial charge in [0.15, 0.2) is 0 Å². The molecule has 6 nitrogen and oxygen atoms in total. The van der Waals surface area contributed by atoms with Crippen LogP contribution in [-0.2, 0) is 0 Å². The smallest absolute Gasteiger partial charge is 0.323 e. The predicted molar refractivity (Wildman–Crippen MR) is 119 cm³/mol. The standard InChI is InChI=1S/C21H19Cl2F2N5O/c22-12-1-2-16-14(7-12)17(10-26-16)29-19(31)28-13-8-15(23)18(27-9-13)30-5-3-20(4-6-30)11-21(20,24)25/h1-2,7-10,26H,3-6,11H2,(H2,28,29,31). The van der Waals surface area contributed by atoms with Crippen molar-refractivity contribution in [1.29, 1.82) is 0 Å². The minimum absolute atomic E-state index is 0.0182. The number of amides is 2. The lowest BCUT2D eigenvalue weighted by Gasteiger charge is -2.33. The normalized spacial score (nSPS) is 18.9. The maximum Gasteiger partial charge on any atom is 0.323 e. The molecule has 5 rings (SSSR count). The highest BCUT2D eigenvalue weighted by Crippen LogP contribution is 2.66. The monoisotopic (exact) mass is 465 g/mol. The summed E-state index contributed by atoms with van der Waals surface area (Å²) in [5, 5.41) is 7.18. The third kappa shape index (κ3) is 3.68. The number of nitrogens with zero attached hydrogens (tertiary/aromatic N) is 2. The molecule has 1 saturated heterocycles. The first-order valence-corrected chi connectivity index (χ1v) is 10.6. The van der Waals surface area contributed by atoms with Gasteiger partial charge >= 0.3 is 6.03 Å². The van der Waals surface area contributed by atoms with Gasteiger partial charge < -0.3 is 20.5 Å². The number of carbonyl (C=O) groups excluding carboxylic acids is 1. The summed E-state index contributed by atoms with van der Waals surface area (Å²) < 4.78 is 27.2. The van der Waals surface area contributed by atoms with E-state index in [1.54, 1.807) is 24.4 Å². The Hall–Kier alpha value is -2.58. The number of pyridine rings is 1. The number of halogens is 4. The first-order valence-electron chi connectivity index (χ1n) is 9.89. The van der Waals surface area contributed by atoms with Crippen LogP contribution < -0.4 is 15.5 Å². The number of aromatic nitrogens is 2. The number of piperidine rings is 1. The SMILES string of the molecule is O=C(Nc1cnc(N2CCC3(CC2)CC3(F)F)c(Cl)c1)Nc1c[nH]c2ccc(Cl)cc12. The third-order valence-electron chi connectivity index (χ3n) is 6.20. The van der Waals surface area contributed by atoms with E-state index in [-0.39, 0.29) is 6.42 Å². The molecule has 0 bridgehead atoms. The second kappa shape index (κ2) is 7.24. The van der Waals surface area contributed by atoms with E-state index >= 15 is 0 Å². The lowest BCUT2D eigenvalue weighted by atomic mass is 9.93. The largest absolute Gasteiger partial charge is 0.359 e. The van der Waals surface area contributed by atoms with Crippen LogP contribution in [0.15, 0.2) is 36.7 Å². The fourth-order valence-corrected chi connectivity index (χ4v) is 4.74. The predicted octanol–water partition coefficient (Wildman–Crippen LogP) is 6.14. The molecule has 1 aliphatic heterocycles. The van der Waals surface area contributed by atoms with Crippen LogP contribution in [0.3, 0.4) is 0 Å². The lowest BCUT2D eigenvalue weighted by molar-refractivity contribution is 0.0536. The van der Waals surface area contributed by atoms with Crippen LogP contribution in [0.4, 0.5) is 30.8 Å². The number of hydrogen-bond donors (Lipinski definition) is 3. The number of benzene rings is 1. The number of fused-ring (bicyclic) bond motifs is 1. The maximum atomic E-state index is 13.6. The van der Waals surface area contributed by atoms with Crippen molar-refractivity contribution < 1.29 is 13.6 Å². The van der Waals surface area contributed by atoms with E-state index < -0.39 is 17.4 Å². The third-order valence-corrected chi connectivity index (χ3v) is 6.72. The zero-order chi connectivity index (χ0) is 21.8. The molecule has 1 spiro atoms. The maximum absolute atomic E-state index is 13.6. The summed E-state index contributed by atoms with van der Waals surface area (Å²) in [6.07, 6.45) is 4.02. The topological polar surface area (TPSA) is 73.1 Å². The molecule has 2 aromatic heterocycles. The number of H-pyrrole nitrogens is 1. The highest BCUT2D eigenvalue weighted by Gasteiger charge is 2.70. The molecule has 2 amide bonds. The number of anilines is 3. The number of aromatic amines is 1. The van der Waals surface area contributed by atoms with E-state index in [1.165, 1.54) is 6.20 Å². The van der Waals surface area contributed by atoms with E-state index in [2.05, 4.69) is 20.6 Å². The zero-order valence-electron chi connectivity index (χ0n) is 16.3. The van der Waals surface area contributed by atoms with Gasteiger partial charge in [-0.05, 0) is 37.1 Å². The molecule has 0 atom stereocenters. The molecule has 0 unspecified atom stereocenters. The number of hydrogen-bond acceptors (Lipinski definition) is 3. The summed E-state index contributed by atoms with van der Waals surface area (Å²) in [6.45, 7) is 0.970. The summed E-state index contributed by atoms with van der Waals surface area (Å²) in [5.74, 6) is -1.99. The number of rotatable bonds is 3. The Bertz CT molecular complexity index is 1170. The summed E-state index contributed by atoms with van der Waals surface area (Å²) in [6, 6.07) is 6.50. The molecule has 31 heavy (non-hydrogen) atoms. The van der Waals surface area contributed by atoms with Gasteiger partial charge in [0.2, 0.25) is 0 Å². The molecule has 162 valence electrons. The summed E-state index contributed by atoms with van der Waals surface area (Å²) in [4.78, 5) is 21.8. The van der Waals surface area contributed by atoms with Crippen molar-refractivity contribution in [2.45, 2.75) is 25.2 Å². The van der Waals surface area contributed by atoms with Crippen molar-refractivity contribution in [1.82, 2.24) is 9.97 Å². The summed E-state index contributed by atoms with van der Waals surface area (Å²) in [7, 11) is 0. The van der Waals surface area contributed by atoms with Crippen molar-refractivity contribution in [3.63, 3.8) is 0 Å². The van der Waals surface area contributed by atoms with Gasteiger partial charge in [0, 0.05) is 47.0 Å². The van der Waals surface area contributed by atoms with Gasteiger partial charge in [0.25, 0.3) is 5.92 Å². The summed E-state index contributed by atoms with van der Waals surface area (Å²) in [5.41, 5.74) is 1.03. The Balaban J connectivity index is 1.24. The Morgan fingerprint density at radius 1 is 1.16 bits per heavy atom. The second-order valence-corrected chi connectivity index (χ2v) is 8.99. The summed E-state index contributed by atoms with van der Waals surface area (Å²) >= 11 is 12.4. The Kier molecular flexibility index (Phi) is 4.75. The number of carbonyl (C=O) groups is 1. The average molecular weight is 466 g/mol. The van der Waals surface area contributed by atoms with Gasteiger partial charge in [-0.1, -0.05) is 23.2 Å². The quantitative estimate of drug-likeness (QED) is 0.434. The Morgan fingerprint density at radius 3 is 2.58 bits per heavy atom. The van der Waals surface area contributed by atoms with Gasteiger partial charge in [-0.25, -0.2) is 18.6 Å². The minimum atomic E-state index is -2.53. The molecular weight excluding hydrogens is 447 g/mol.